The van der Waals surface area contributed by atoms with Gasteiger partial charge < -0.3 is 5.43 Å². The van der Waals surface area contributed by atoms with Gasteiger partial charge in [-0.15, -0.1) is 5.53 Å². The molecule has 0 radical (unpaired) electrons. The van der Waals surface area contributed by atoms with Gasteiger partial charge in [-0.2, -0.15) is 0 Å². The van der Waals surface area contributed by atoms with E-state index >= 15 is 0 Å². The SMILES string of the molecule is CC1=CN(c2ccc(Cl)c(F)c2C)NN1. The number of nitrogens with one attached hydrogen (secondary N) is 2. The molecule has 0 saturated heterocycles. The van der Waals surface area contributed by atoms with E-state index < -0.39 is 0 Å². The number of hydrazine groups is 2. The maximum Gasteiger partial charge on any atom is 0.146 e. The van der Waals surface area contributed by atoms with Crippen LogP contribution in [-0.4, -0.2) is 0 Å². The van der Waals surface area contributed by atoms with Gasteiger partial charge in [0.25, 0.3) is 0 Å². The van der Waals surface area contributed by atoms with E-state index in [1.165, 1.54) is 0 Å². The summed E-state index contributed by atoms with van der Waals surface area (Å²) in [6.45, 7) is 3.61. The number of allylic oxidation sites excluding steroid dienone is 1. The number of hydrogen-bond donors (Lipinski definition) is 2. The van der Waals surface area contributed by atoms with E-state index in [1.807, 2.05) is 13.1 Å². The van der Waals surface area contributed by atoms with Gasteiger partial charge in [0.2, 0.25) is 0 Å². The van der Waals surface area contributed by atoms with E-state index in [1.54, 1.807) is 24.1 Å². The molecule has 1 heterocycles. The topological polar surface area (TPSA) is 27.3 Å². The molecule has 15 heavy (non-hydrogen) atoms. The molecule has 1 aromatic carbocycles. The minimum Gasteiger partial charge on any atom is -0.306 e. The lowest BCUT2D eigenvalue weighted by Gasteiger charge is -2.18. The maximum atomic E-state index is 13.5. The summed E-state index contributed by atoms with van der Waals surface area (Å²) < 4.78 is 13.5. The summed E-state index contributed by atoms with van der Waals surface area (Å²) in [5, 5.41) is 1.86. The molecule has 0 aromatic heterocycles. The Balaban J connectivity index is 2.42. The third kappa shape index (κ3) is 1.78. The van der Waals surface area contributed by atoms with Crippen molar-refractivity contribution in [3.63, 3.8) is 0 Å². The molecule has 2 rings (SSSR count). The standard InChI is InChI=1S/C10H11ClFN3/c1-6-5-15(14-13-6)9-4-3-8(11)10(12)7(9)2/h3-5,13-14H,1-2H3. The van der Waals surface area contributed by atoms with Gasteiger partial charge in [-0.1, -0.05) is 11.6 Å². The third-order valence-electron chi connectivity index (χ3n) is 2.27. The number of nitrogens with zero attached hydrogens (tertiary/aromatic N) is 1. The van der Waals surface area contributed by atoms with E-state index in [4.69, 9.17) is 11.6 Å². The lowest BCUT2D eigenvalue weighted by atomic mass is 10.2. The molecule has 0 bridgehead atoms. The predicted molar refractivity (Wildman–Crippen MR) is 58.7 cm³/mol. The van der Waals surface area contributed by atoms with Crippen LogP contribution in [-0.2, 0) is 0 Å². The predicted octanol–water partition coefficient (Wildman–Crippen LogP) is 2.48. The van der Waals surface area contributed by atoms with Crippen LogP contribution in [0.5, 0.6) is 0 Å². The van der Waals surface area contributed by atoms with Crippen LogP contribution >= 0.6 is 11.6 Å². The van der Waals surface area contributed by atoms with Crippen LogP contribution in [0, 0.1) is 12.7 Å². The average Bonchev–Trinajstić information content (AvgIpc) is 2.61. The Kier molecular flexibility index (Phi) is 2.54. The molecular weight excluding hydrogens is 217 g/mol. The molecule has 0 aliphatic carbocycles. The van der Waals surface area contributed by atoms with Crippen LogP contribution in [0.2, 0.25) is 5.02 Å². The maximum absolute atomic E-state index is 13.5. The fourth-order valence-electron chi connectivity index (χ4n) is 1.44. The molecular formula is C10H11ClFN3. The summed E-state index contributed by atoms with van der Waals surface area (Å²) >= 11 is 5.68. The van der Waals surface area contributed by atoms with Crippen LogP contribution in [0.1, 0.15) is 12.5 Å². The lowest BCUT2D eigenvalue weighted by molar-refractivity contribution is 0.613. The lowest BCUT2D eigenvalue weighted by Crippen LogP contribution is -2.36. The van der Waals surface area contributed by atoms with E-state index in [0.29, 0.717) is 5.56 Å². The zero-order chi connectivity index (χ0) is 11.0. The summed E-state index contributed by atoms with van der Waals surface area (Å²) in [6, 6.07) is 3.31. The monoisotopic (exact) mass is 227 g/mol. The fraction of sp³-hybridized carbons (Fsp3) is 0.200. The van der Waals surface area contributed by atoms with Gasteiger partial charge in [0.1, 0.15) is 5.82 Å². The number of rotatable bonds is 1. The zero-order valence-corrected chi connectivity index (χ0v) is 9.19. The molecule has 1 aliphatic heterocycles. The third-order valence-corrected chi connectivity index (χ3v) is 2.56. The minimum atomic E-state index is -0.381. The van der Waals surface area contributed by atoms with Crippen molar-refractivity contribution in [1.29, 1.82) is 0 Å². The van der Waals surface area contributed by atoms with Crippen molar-refractivity contribution < 1.29 is 4.39 Å². The summed E-state index contributed by atoms with van der Waals surface area (Å²) in [4.78, 5) is 0. The summed E-state index contributed by atoms with van der Waals surface area (Å²) in [5.41, 5.74) is 8.02. The molecule has 0 amide bonds. The van der Waals surface area contributed by atoms with Crippen molar-refractivity contribution in [2.75, 3.05) is 5.01 Å². The van der Waals surface area contributed by atoms with Crippen molar-refractivity contribution >= 4 is 17.3 Å². The fourth-order valence-corrected chi connectivity index (χ4v) is 1.64. The van der Waals surface area contributed by atoms with Crippen molar-refractivity contribution in [1.82, 2.24) is 11.0 Å². The van der Waals surface area contributed by atoms with Gasteiger partial charge in [-0.25, -0.2) is 4.39 Å². The van der Waals surface area contributed by atoms with Gasteiger partial charge in [0.05, 0.1) is 10.7 Å². The summed E-state index contributed by atoms with van der Waals surface area (Å²) in [6.07, 6.45) is 1.84. The van der Waals surface area contributed by atoms with E-state index in [0.717, 1.165) is 11.4 Å². The quantitative estimate of drug-likeness (QED) is 0.772. The Morgan fingerprint density at radius 1 is 1.33 bits per heavy atom. The highest BCUT2D eigenvalue weighted by atomic mass is 35.5. The highest BCUT2D eigenvalue weighted by molar-refractivity contribution is 6.30. The van der Waals surface area contributed by atoms with Gasteiger partial charge in [0.15, 0.2) is 0 Å². The molecule has 0 spiro atoms. The first-order valence-corrected chi connectivity index (χ1v) is 4.91. The zero-order valence-electron chi connectivity index (χ0n) is 8.44. The Morgan fingerprint density at radius 2 is 2.07 bits per heavy atom. The largest absolute Gasteiger partial charge is 0.306 e. The second-order valence-electron chi connectivity index (χ2n) is 3.42. The van der Waals surface area contributed by atoms with Crippen LogP contribution in [0.15, 0.2) is 24.0 Å². The van der Waals surface area contributed by atoms with Gasteiger partial charge >= 0.3 is 0 Å². The van der Waals surface area contributed by atoms with Crippen molar-refractivity contribution in [3.05, 3.63) is 40.4 Å². The average molecular weight is 228 g/mol. The molecule has 80 valence electrons. The van der Waals surface area contributed by atoms with Gasteiger partial charge in [0, 0.05) is 17.5 Å². The van der Waals surface area contributed by atoms with Crippen molar-refractivity contribution in [3.8, 4) is 0 Å². The molecule has 3 nitrogen and oxygen atoms in total. The summed E-state index contributed by atoms with van der Waals surface area (Å²) in [7, 11) is 0. The second kappa shape index (κ2) is 3.72. The number of hydrogen-bond acceptors (Lipinski definition) is 3. The molecule has 1 aromatic rings. The van der Waals surface area contributed by atoms with Gasteiger partial charge in [-0.3, -0.25) is 5.01 Å². The molecule has 0 atom stereocenters. The van der Waals surface area contributed by atoms with Crippen molar-refractivity contribution in [2.24, 2.45) is 0 Å². The van der Waals surface area contributed by atoms with Crippen LogP contribution in [0.4, 0.5) is 10.1 Å². The van der Waals surface area contributed by atoms with E-state index in [2.05, 4.69) is 11.0 Å². The highest BCUT2D eigenvalue weighted by Crippen LogP contribution is 2.27. The number of anilines is 1. The first kappa shape index (κ1) is 10.3. The van der Waals surface area contributed by atoms with Crippen LogP contribution < -0.4 is 16.0 Å². The Labute approximate surface area is 92.5 Å². The van der Waals surface area contributed by atoms with Crippen molar-refractivity contribution in [2.45, 2.75) is 13.8 Å². The summed E-state index contributed by atoms with van der Waals surface area (Å²) in [5.74, 6) is -0.381. The van der Waals surface area contributed by atoms with Gasteiger partial charge in [-0.05, 0) is 26.0 Å². The number of benzene rings is 1. The Bertz CT molecular complexity index is 431. The molecule has 0 saturated carbocycles. The first-order valence-electron chi connectivity index (χ1n) is 4.53. The van der Waals surface area contributed by atoms with Crippen LogP contribution in [0.3, 0.4) is 0 Å². The normalized spacial score (nSPS) is 15.2. The van der Waals surface area contributed by atoms with E-state index in [9.17, 15) is 4.39 Å². The molecule has 1 aliphatic rings. The molecule has 2 N–H and O–H groups in total. The van der Waals surface area contributed by atoms with Crippen LogP contribution in [0.25, 0.3) is 0 Å². The molecule has 0 fully saturated rings. The Morgan fingerprint density at radius 3 is 2.67 bits per heavy atom. The highest BCUT2D eigenvalue weighted by Gasteiger charge is 2.15. The number of halogens is 2. The smallest absolute Gasteiger partial charge is 0.146 e. The molecule has 0 unspecified atom stereocenters. The first-order chi connectivity index (χ1) is 7.09. The minimum absolute atomic E-state index is 0.143. The Hall–Kier alpha value is -1.26. The second-order valence-corrected chi connectivity index (χ2v) is 3.83. The molecule has 5 heteroatoms. The van der Waals surface area contributed by atoms with E-state index in [-0.39, 0.29) is 10.8 Å².